The molecule has 8 heteroatoms. The zero-order valence-electron chi connectivity index (χ0n) is 15.3. The number of anilines is 1. The number of hydrogen-bond acceptors (Lipinski definition) is 4. The first kappa shape index (κ1) is 19.3. The monoisotopic (exact) mass is 427 g/mol. The lowest BCUT2D eigenvalue weighted by atomic mass is 10.1. The Morgan fingerprint density at radius 1 is 1.24 bits per heavy atom. The highest BCUT2D eigenvalue weighted by atomic mass is 35.5. The minimum absolute atomic E-state index is 0.000679. The van der Waals surface area contributed by atoms with Gasteiger partial charge in [0.15, 0.2) is 0 Å². The normalized spacial score (nSPS) is 11.0. The average Bonchev–Trinajstić information content (AvgIpc) is 3.12. The van der Waals surface area contributed by atoms with Gasteiger partial charge in [-0.25, -0.2) is 9.37 Å². The molecular weight excluding hydrogens is 413 g/mol. The summed E-state index contributed by atoms with van der Waals surface area (Å²) < 4.78 is 15.5. The number of carbonyl (C=O) groups excluding carboxylic acids is 1. The molecule has 2 aromatic heterocycles. The van der Waals surface area contributed by atoms with Gasteiger partial charge in [-0.15, -0.1) is 11.3 Å². The summed E-state index contributed by atoms with van der Waals surface area (Å²) in [6.45, 7) is 1.73. The van der Waals surface area contributed by atoms with Crippen molar-refractivity contribution in [1.29, 1.82) is 0 Å². The molecule has 0 saturated heterocycles. The van der Waals surface area contributed by atoms with E-state index in [1.807, 2.05) is 36.6 Å². The molecule has 0 aliphatic rings. The van der Waals surface area contributed by atoms with Crippen LogP contribution < -0.4 is 10.9 Å². The molecule has 29 heavy (non-hydrogen) atoms. The second kappa shape index (κ2) is 7.77. The Bertz CT molecular complexity index is 1280. The molecule has 4 aromatic rings. The van der Waals surface area contributed by atoms with Gasteiger partial charge in [0.25, 0.3) is 5.56 Å². The SMILES string of the molecule is Cc1ccc(-c2csc3c(=O)n(CC(=O)Nc4ccc(Cl)cc4F)cnc23)cc1. The first-order valence-electron chi connectivity index (χ1n) is 8.71. The number of thiophene rings is 1. The van der Waals surface area contributed by atoms with Crippen molar-refractivity contribution < 1.29 is 9.18 Å². The van der Waals surface area contributed by atoms with Crippen LogP contribution in [0.25, 0.3) is 21.3 Å². The van der Waals surface area contributed by atoms with E-state index in [0.717, 1.165) is 22.8 Å². The molecule has 0 fully saturated rings. The number of aryl methyl sites for hydroxylation is 1. The van der Waals surface area contributed by atoms with Crippen LogP contribution in [-0.4, -0.2) is 15.5 Å². The number of nitrogens with one attached hydrogen (secondary N) is 1. The van der Waals surface area contributed by atoms with Gasteiger partial charge >= 0.3 is 0 Å². The van der Waals surface area contributed by atoms with Gasteiger partial charge in [-0.05, 0) is 30.7 Å². The zero-order valence-corrected chi connectivity index (χ0v) is 16.9. The third-order valence-corrected chi connectivity index (χ3v) is 5.62. The Kier molecular flexibility index (Phi) is 5.17. The number of amides is 1. The number of hydrogen-bond donors (Lipinski definition) is 1. The number of fused-ring (bicyclic) bond motifs is 1. The lowest BCUT2D eigenvalue weighted by Gasteiger charge is -2.08. The highest BCUT2D eigenvalue weighted by Gasteiger charge is 2.15. The fourth-order valence-electron chi connectivity index (χ4n) is 2.93. The first-order valence-corrected chi connectivity index (χ1v) is 9.97. The Morgan fingerprint density at radius 3 is 2.72 bits per heavy atom. The predicted molar refractivity (Wildman–Crippen MR) is 114 cm³/mol. The van der Waals surface area contributed by atoms with Gasteiger partial charge in [0.2, 0.25) is 5.91 Å². The number of halogens is 2. The number of nitrogens with zero attached hydrogens (tertiary/aromatic N) is 2. The van der Waals surface area contributed by atoms with E-state index >= 15 is 0 Å². The van der Waals surface area contributed by atoms with Gasteiger partial charge in [-0.2, -0.15) is 0 Å². The molecule has 146 valence electrons. The molecule has 2 aromatic carbocycles. The van der Waals surface area contributed by atoms with Gasteiger partial charge in [0.05, 0.1) is 17.5 Å². The van der Waals surface area contributed by atoms with Crippen molar-refractivity contribution in [3.8, 4) is 11.1 Å². The maximum atomic E-state index is 13.8. The maximum Gasteiger partial charge on any atom is 0.271 e. The molecule has 1 amide bonds. The highest BCUT2D eigenvalue weighted by Crippen LogP contribution is 2.30. The second-order valence-electron chi connectivity index (χ2n) is 6.54. The molecule has 0 unspecified atom stereocenters. The first-order chi connectivity index (χ1) is 13.9. The summed E-state index contributed by atoms with van der Waals surface area (Å²) in [5.41, 5.74) is 3.28. The fraction of sp³-hybridized carbons (Fsp3) is 0.0952. The predicted octanol–water partition coefficient (Wildman–Crippen LogP) is 4.86. The van der Waals surface area contributed by atoms with E-state index in [1.165, 1.54) is 34.4 Å². The molecule has 5 nitrogen and oxygen atoms in total. The van der Waals surface area contributed by atoms with Crippen LogP contribution >= 0.6 is 22.9 Å². The molecule has 0 aliphatic carbocycles. The van der Waals surface area contributed by atoms with Crippen LogP contribution in [-0.2, 0) is 11.3 Å². The number of carbonyl (C=O) groups is 1. The van der Waals surface area contributed by atoms with E-state index < -0.39 is 11.7 Å². The summed E-state index contributed by atoms with van der Waals surface area (Å²) in [4.78, 5) is 29.5. The Hall–Kier alpha value is -3.03. The van der Waals surface area contributed by atoms with Gasteiger partial charge in [-0.1, -0.05) is 41.4 Å². The van der Waals surface area contributed by atoms with Crippen LogP contribution in [0.3, 0.4) is 0 Å². The van der Waals surface area contributed by atoms with Crippen molar-refractivity contribution >= 4 is 44.7 Å². The Labute approximate surface area is 174 Å². The van der Waals surface area contributed by atoms with Gasteiger partial charge in [0.1, 0.15) is 17.1 Å². The lowest BCUT2D eigenvalue weighted by molar-refractivity contribution is -0.116. The standard InChI is InChI=1S/C21H15ClFN3O2S/c1-12-2-4-13(5-3-12)15-10-29-20-19(15)24-11-26(21(20)28)9-18(27)25-17-7-6-14(22)8-16(17)23/h2-8,10-11H,9H2,1H3,(H,25,27). The third kappa shape index (κ3) is 3.92. The summed E-state index contributed by atoms with van der Waals surface area (Å²) in [5.74, 6) is -1.18. The van der Waals surface area contributed by atoms with Crippen LogP contribution in [0.5, 0.6) is 0 Å². The average molecular weight is 428 g/mol. The quantitative estimate of drug-likeness (QED) is 0.505. The van der Waals surface area contributed by atoms with Gasteiger partial charge < -0.3 is 5.32 Å². The topological polar surface area (TPSA) is 64.0 Å². The van der Waals surface area contributed by atoms with Crippen LogP contribution in [0.4, 0.5) is 10.1 Å². The molecule has 0 spiro atoms. The molecule has 0 atom stereocenters. The Morgan fingerprint density at radius 2 is 2.00 bits per heavy atom. The van der Waals surface area contributed by atoms with E-state index in [1.54, 1.807) is 0 Å². The van der Waals surface area contributed by atoms with Gasteiger partial charge in [0, 0.05) is 16.0 Å². The van der Waals surface area contributed by atoms with Crippen LogP contribution in [0.2, 0.25) is 5.02 Å². The Balaban J connectivity index is 1.60. The molecule has 2 heterocycles. The zero-order chi connectivity index (χ0) is 20.5. The van der Waals surface area contributed by atoms with Crippen molar-refractivity contribution in [3.05, 3.63) is 80.9 Å². The van der Waals surface area contributed by atoms with Crippen LogP contribution in [0.15, 0.2) is 59.0 Å². The minimum Gasteiger partial charge on any atom is -0.322 e. The van der Waals surface area contributed by atoms with Crippen molar-refractivity contribution in [3.63, 3.8) is 0 Å². The van der Waals surface area contributed by atoms with Crippen molar-refractivity contribution in [2.24, 2.45) is 0 Å². The minimum atomic E-state index is -0.646. The molecule has 0 bridgehead atoms. The van der Waals surface area contributed by atoms with E-state index in [-0.39, 0.29) is 22.8 Å². The lowest BCUT2D eigenvalue weighted by Crippen LogP contribution is -2.27. The largest absolute Gasteiger partial charge is 0.322 e. The highest BCUT2D eigenvalue weighted by molar-refractivity contribution is 7.17. The molecule has 0 radical (unpaired) electrons. The molecule has 0 aliphatic heterocycles. The summed E-state index contributed by atoms with van der Waals surface area (Å²) in [5, 5.41) is 4.56. The van der Waals surface area contributed by atoms with Crippen LogP contribution in [0, 0.1) is 12.7 Å². The van der Waals surface area contributed by atoms with Gasteiger partial charge in [-0.3, -0.25) is 14.2 Å². The summed E-state index contributed by atoms with van der Waals surface area (Å²) >= 11 is 6.99. The van der Waals surface area contributed by atoms with E-state index in [9.17, 15) is 14.0 Å². The summed E-state index contributed by atoms with van der Waals surface area (Å²) in [7, 11) is 0. The second-order valence-corrected chi connectivity index (χ2v) is 7.86. The number of aromatic nitrogens is 2. The molecular formula is C21H15ClFN3O2S. The molecule has 1 N–H and O–H groups in total. The van der Waals surface area contributed by atoms with Crippen LogP contribution in [0.1, 0.15) is 5.56 Å². The summed E-state index contributed by atoms with van der Waals surface area (Å²) in [6.07, 6.45) is 1.34. The van der Waals surface area contributed by atoms with E-state index in [4.69, 9.17) is 11.6 Å². The van der Waals surface area contributed by atoms with Crippen molar-refractivity contribution in [2.75, 3.05) is 5.32 Å². The van der Waals surface area contributed by atoms with Crippen molar-refractivity contribution in [2.45, 2.75) is 13.5 Å². The van der Waals surface area contributed by atoms with E-state index in [2.05, 4.69) is 10.3 Å². The third-order valence-electron chi connectivity index (χ3n) is 4.43. The molecule has 0 saturated carbocycles. The number of benzene rings is 2. The van der Waals surface area contributed by atoms with E-state index in [0.29, 0.717) is 10.2 Å². The fourth-order valence-corrected chi connectivity index (χ4v) is 4.06. The molecule has 4 rings (SSSR count). The summed E-state index contributed by atoms with van der Waals surface area (Å²) in [6, 6.07) is 11.9. The maximum absolute atomic E-state index is 13.8. The number of rotatable bonds is 4. The van der Waals surface area contributed by atoms with Crippen molar-refractivity contribution in [1.82, 2.24) is 9.55 Å². The smallest absolute Gasteiger partial charge is 0.271 e.